The lowest BCUT2D eigenvalue weighted by atomic mass is 10.2. The van der Waals surface area contributed by atoms with E-state index in [4.69, 9.17) is 28.2 Å². The van der Waals surface area contributed by atoms with E-state index in [9.17, 15) is 9.18 Å². The summed E-state index contributed by atoms with van der Waals surface area (Å²) in [5, 5.41) is 2.54. The van der Waals surface area contributed by atoms with E-state index in [1.54, 1.807) is 18.2 Å². The Hall–Kier alpha value is -2.45. The highest BCUT2D eigenvalue weighted by atomic mass is 35.5. The van der Waals surface area contributed by atoms with Crippen LogP contribution in [0.25, 0.3) is 0 Å². The third-order valence-corrected chi connectivity index (χ3v) is 8.40. The molecule has 0 spiro atoms. The van der Waals surface area contributed by atoms with Crippen LogP contribution >= 0.6 is 46.7 Å². The molecule has 34 heavy (non-hydrogen) atoms. The minimum atomic E-state index is -0.374. The molecule has 9 heteroatoms. The number of halogens is 3. The van der Waals surface area contributed by atoms with Gasteiger partial charge in [0.2, 0.25) is 0 Å². The Kier molecular flexibility index (Phi) is 6.37. The number of carbonyl (C=O) groups excluding carboxylic acids is 1. The van der Waals surface area contributed by atoms with Crippen molar-refractivity contribution in [3.8, 4) is 0 Å². The molecule has 0 unspecified atom stereocenters. The Labute approximate surface area is 215 Å². The van der Waals surface area contributed by atoms with Gasteiger partial charge in [0.05, 0.1) is 17.1 Å². The topological polar surface area (TPSA) is 35.9 Å². The van der Waals surface area contributed by atoms with Gasteiger partial charge in [-0.2, -0.15) is 0 Å². The van der Waals surface area contributed by atoms with Gasteiger partial charge in [0.25, 0.3) is 5.91 Å². The highest BCUT2D eigenvalue weighted by Gasteiger charge is 2.40. The van der Waals surface area contributed by atoms with Crippen molar-refractivity contribution in [1.29, 1.82) is 0 Å². The summed E-state index contributed by atoms with van der Waals surface area (Å²) in [5.41, 5.74) is 3.08. The molecule has 0 saturated carbocycles. The van der Waals surface area contributed by atoms with E-state index in [-0.39, 0.29) is 11.7 Å². The molecule has 1 amide bonds. The zero-order chi connectivity index (χ0) is 24.0. The van der Waals surface area contributed by atoms with Crippen LogP contribution in [-0.4, -0.2) is 17.6 Å². The Morgan fingerprint density at radius 2 is 1.76 bits per heavy atom. The van der Waals surface area contributed by atoms with E-state index in [2.05, 4.69) is 4.90 Å². The number of amides is 1. The number of carbonyl (C=O) groups is 1. The first-order valence-electron chi connectivity index (χ1n) is 10.5. The molecular weight excluding hydrogens is 512 g/mol. The number of anilines is 2. The second-order valence-electron chi connectivity index (χ2n) is 7.64. The maximum absolute atomic E-state index is 13.8. The van der Waals surface area contributed by atoms with Crippen molar-refractivity contribution in [1.82, 2.24) is 0 Å². The quantitative estimate of drug-likeness (QED) is 0.322. The lowest BCUT2D eigenvalue weighted by molar-refractivity contribution is -0.113. The largest absolute Gasteiger partial charge is 0.334 e. The molecular formula is C25H18Cl2FN3OS2. The molecule has 1 fully saturated rings. The molecule has 0 N–H and O–H groups in total. The zero-order valence-corrected chi connectivity index (χ0v) is 21.3. The van der Waals surface area contributed by atoms with Gasteiger partial charge in [-0.15, -0.1) is 0 Å². The second kappa shape index (κ2) is 9.30. The predicted molar refractivity (Wildman–Crippen MR) is 142 cm³/mol. The van der Waals surface area contributed by atoms with Crippen molar-refractivity contribution in [3.63, 3.8) is 0 Å². The normalized spacial score (nSPS) is 18.9. The molecule has 0 aromatic heterocycles. The number of fused-ring (bicyclic) bond motifs is 1. The lowest BCUT2D eigenvalue weighted by Gasteiger charge is -2.19. The molecule has 0 radical (unpaired) electrons. The first kappa shape index (κ1) is 23.3. The van der Waals surface area contributed by atoms with Crippen molar-refractivity contribution >= 4 is 74.9 Å². The van der Waals surface area contributed by atoms with Crippen LogP contribution < -0.4 is 9.80 Å². The molecule has 0 aliphatic carbocycles. The van der Waals surface area contributed by atoms with Crippen LogP contribution in [0.5, 0.6) is 0 Å². The van der Waals surface area contributed by atoms with Gasteiger partial charge >= 0.3 is 0 Å². The van der Waals surface area contributed by atoms with Crippen LogP contribution in [0, 0.1) is 12.7 Å². The summed E-state index contributed by atoms with van der Waals surface area (Å²) in [7, 11) is 0. The second-order valence-corrected chi connectivity index (χ2v) is 10.5. The minimum Gasteiger partial charge on any atom is -0.334 e. The summed E-state index contributed by atoms with van der Waals surface area (Å²) >= 11 is 15.4. The van der Waals surface area contributed by atoms with Gasteiger partial charge in [0.15, 0.2) is 5.17 Å². The standard InChI is InChI=1S/C25H18Cl2FN3OS2/c1-3-30-20-12-15(26)5-11-21(20)33-24(30)22-23(32)31(18-9-6-16(28)7-10-18)25(34-22)29-17-8-4-14(2)19(27)13-17/h4-13H,3H2,1-2H3. The summed E-state index contributed by atoms with van der Waals surface area (Å²) in [6.07, 6.45) is 0. The van der Waals surface area contributed by atoms with Crippen molar-refractivity contribution < 1.29 is 9.18 Å². The summed E-state index contributed by atoms with van der Waals surface area (Å²) < 4.78 is 13.6. The summed E-state index contributed by atoms with van der Waals surface area (Å²) in [5.74, 6) is -0.588. The molecule has 5 rings (SSSR count). The highest BCUT2D eigenvalue weighted by Crippen LogP contribution is 2.51. The van der Waals surface area contributed by atoms with Gasteiger partial charge < -0.3 is 4.90 Å². The molecule has 2 heterocycles. The molecule has 0 atom stereocenters. The third kappa shape index (κ3) is 4.22. The van der Waals surface area contributed by atoms with E-state index in [1.807, 2.05) is 44.2 Å². The maximum Gasteiger partial charge on any atom is 0.274 e. The van der Waals surface area contributed by atoms with E-state index >= 15 is 0 Å². The van der Waals surface area contributed by atoms with Crippen LogP contribution in [0.15, 0.2) is 80.5 Å². The number of rotatable bonds is 3. The Balaban J connectivity index is 1.63. The summed E-state index contributed by atoms with van der Waals surface area (Å²) in [6, 6.07) is 17.0. The number of aryl methyl sites for hydroxylation is 1. The van der Waals surface area contributed by atoms with E-state index in [0.29, 0.717) is 38.0 Å². The van der Waals surface area contributed by atoms with Crippen molar-refractivity contribution in [2.45, 2.75) is 18.7 Å². The van der Waals surface area contributed by atoms with Gasteiger partial charge in [0.1, 0.15) is 15.8 Å². The molecule has 0 bridgehead atoms. The fourth-order valence-corrected chi connectivity index (χ4v) is 6.41. The number of hydrogen-bond acceptors (Lipinski definition) is 5. The average molecular weight is 530 g/mol. The maximum atomic E-state index is 13.8. The van der Waals surface area contributed by atoms with Crippen LogP contribution in [0.3, 0.4) is 0 Å². The minimum absolute atomic E-state index is 0.214. The van der Waals surface area contributed by atoms with Crippen molar-refractivity contribution in [2.75, 3.05) is 16.3 Å². The number of thioether (sulfide) groups is 2. The SMILES string of the molecule is CCN1C(=C2SC(=Nc3ccc(C)c(Cl)c3)N(c3ccc(F)cc3)C2=O)Sc2ccc(Cl)cc21. The predicted octanol–water partition coefficient (Wildman–Crippen LogP) is 8.01. The van der Waals surface area contributed by atoms with E-state index in [0.717, 1.165) is 21.2 Å². The zero-order valence-electron chi connectivity index (χ0n) is 18.2. The molecule has 172 valence electrons. The van der Waals surface area contributed by atoms with Crippen molar-refractivity contribution in [3.05, 3.63) is 92.0 Å². The van der Waals surface area contributed by atoms with Crippen molar-refractivity contribution in [2.24, 2.45) is 4.99 Å². The molecule has 1 saturated heterocycles. The Morgan fingerprint density at radius 1 is 1.00 bits per heavy atom. The average Bonchev–Trinajstić information content (AvgIpc) is 3.33. The Bertz CT molecular complexity index is 1380. The number of hydrogen-bond donors (Lipinski definition) is 0. The van der Waals surface area contributed by atoms with Gasteiger partial charge in [-0.3, -0.25) is 9.69 Å². The monoisotopic (exact) mass is 529 g/mol. The lowest BCUT2D eigenvalue weighted by Crippen LogP contribution is -2.29. The van der Waals surface area contributed by atoms with Crippen LogP contribution in [0.1, 0.15) is 12.5 Å². The van der Waals surface area contributed by atoms with Gasteiger partial charge in [-0.1, -0.05) is 41.0 Å². The highest BCUT2D eigenvalue weighted by molar-refractivity contribution is 8.20. The smallest absolute Gasteiger partial charge is 0.274 e. The van der Waals surface area contributed by atoms with E-state index < -0.39 is 0 Å². The van der Waals surface area contributed by atoms with Gasteiger partial charge in [-0.05, 0) is 85.8 Å². The third-order valence-electron chi connectivity index (χ3n) is 5.42. The molecule has 4 nitrogen and oxygen atoms in total. The van der Waals surface area contributed by atoms with Gasteiger partial charge in [-0.25, -0.2) is 9.38 Å². The van der Waals surface area contributed by atoms with Crippen LogP contribution in [-0.2, 0) is 4.79 Å². The fourth-order valence-electron chi connectivity index (χ4n) is 3.70. The molecule has 3 aromatic carbocycles. The summed E-state index contributed by atoms with van der Waals surface area (Å²) in [4.78, 5) is 23.7. The number of amidine groups is 1. The van der Waals surface area contributed by atoms with Gasteiger partial charge in [0, 0.05) is 21.5 Å². The fraction of sp³-hybridized carbons (Fsp3) is 0.120. The molecule has 3 aromatic rings. The van der Waals surface area contributed by atoms with E-state index in [1.165, 1.54) is 40.6 Å². The Morgan fingerprint density at radius 3 is 2.47 bits per heavy atom. The van der Waals surface area contributed by atoms with Crippen LogP contribution in [0.4, 0.5) is 21.5 Å². The molecule has 2 aliphatic rings. The number of aliphatic imine (C=N–C) groups is 1. The first-order chi connectivity index (χ1) is 16.4. The number of nitrogens with zero attached hydrogens (tertiary/aromatic N) is 3. The first-order valence-corrected chi connectivity index (χ1v) is 12.9. The number of benzene rings is 3. The van der Waals surface area contributed by atoms with Crippen LogP contribution in [0.2, 0.25) is 10.0 Å². The summed E-state index contributed by atoms with van der Waals surface area (Å²) in [6.45, 7) is 4.62. The molecule has 2 aliphatic heterocycles.